The largest absolute Gasteiger partial charge is 0.468 e. The first-order chi connectivity index (χ1) is 9.87. The van der Waals surface area contributed by atoms with Crippen molar-refractivity contribution in [1.29, 1.82) is 0 Å². The normalized spacial score (nSPS) is 15.2. The van der Waals surface area contributed by atoms with Crippen LogP contribution in [0.25, 0.3) is 0 Å². The molecular formula is C12H14N2O6S. The molecule has 1 unspecified atom stereocenters. The lowest BCUT2D eigenvalue weighted by Crippen LogP contribution is -2.43. The van der Waals surface area contributed by atoms with Crippen molar-refractivity contribution in [3.05, 3.63) is 23.8 Å². The van der Waals surface area contributed by atoms with Gasteiger partial charge in [0.05, 0.1) is 25.0 Å². The van der Waals surface area contributed by atoms with Crippen LogP contribution in [-0.4, -0.2) is 45.2 Å². The van der Waals surface area contributed by atoms with Gasteiger partial charge in [0.2, 0.25) is 15.9 Å². The Labute approximate surface area is 121 Å². The first kappa shape index (κ1) is 15.4. The number of anilines is 1. The molecule has 9 heteroatoms. The van der Waals surface area contributed by atoms with E-state index in [0.717, 1.165) is 7.11 Å². The molecule has 21 heavy (non-hydrogen) atoms. The molecule has 0 bridgehead atoms. The molecule has 0 aromatic heterocycles. The number of carbonyl (C=O) groups excluding carboxylic acids is 2. The van der Waals surface area contributed by atoms with Crippen molar-refractivity contribution < 1.29 is 27.9 Å². The summed E-state index contributed by atoms with van der Waals surface area (Å²) in [6.07, 6.45) is 0.0964. The number of carbonyl (C=O) groups is 2. The fraction of sp³-hybridized carbons (Fsp3) is 0.333. The van der Waals surface area contributed by atoms with Gasteiger partial charge in [0.25, 0.3) is 0 Å². The van der Waals surface area contributed by atoms with Crippen molar-refractivity contribution in [2.75, 3.05) is 19.0 Å². The number of sulfonamides is 1. The monoisotopic (exact) mass is 314 g/mol. The van der Waals surface area contributed by atoms with Crippen molar-refractivity contribution in [1.82, 2.24) is 4.72 Å². The molecule has 1 heterocycles. The molecule has 0 radical (unpaired) electrons. The molecule has 1 aliphatic heterocycles. The van der Waals surface area contributed by atoms with E-state index in [2.05, 4.69) is 14.8 Å². The first-order valence-electron chi connectivity index (χ1n) is 6.01. The maximum absolute atomic E-state index is 12.2. The molecule has 1 amide bonds. The molecule has 0 fully saturated rings. The van der Waals surface area contributed by atoms with Crippen LogP contribution in [0.3, 0.4) is 0 Å². The first-order valence-corrected chi connectivity index (χ1v) is 7.49. The number of ether oxygens (including phenoxy) is 1. The van der Waals surface area contributed by atoms with Gasteiger partial charge >= 0.3 is 5.97 Å². The quantitative estimate of drug-likeness (QED) is 0.599. The third-order valence-electron chi connectivity index (χ3n) is 2.98. The topological polar surface area (TPSA) is 122 Å². The average Bonchev–Trinajstić information content (AvgIpc) is 2.82. The van der Waals surface area contributed by atoms with E-state index in [9.17, 15) is 18.0 Å². The van der Waals surface area contributed by atoms with Gasteiger partial charge < -0.3 is 15.2 Å². The molecule has 1 atom stereocenters. The minimum absolute atomic E-state index is 0.0964. The van der Waals surface area contributed by atoms with Gasteiger partial charge in [-0.2, -0.15) is 4.72 Å². The van der Waals surface area contributed by atoms with E-state index in [4.69, 9.17) is 5.11 Å². The summed E-state index contributed by atoms with van der Waals surface area (Å²) in [5.74, 6) is -1.10. The smallest absolute Gasteiger partial charge is 0.326 e. The number of rotatable bonds is 5. The summed E-state index contributed by atoms with van der Waals surface area (Å²) in [7, 11) is -2.93. The number of benzene rings is 1. The number of hydrogen-bond acceptors (Lipinski definition) is 6. The van der Waals surface area contributed by atoms with E-state index in [1.165, 1.54) is 18.2 Å². The van der Waals surface area contributed by atoms with Crippen molar-refractivity contribution in [2.24, 2.45) is 0 Å². The van der Waals surface area contributed by atoms with Crippen molar-refractivity contribution in [3.63, 3.8) is 0 Å². The van der Waals surface area contributed by atoms with Crippen LogP contribution in [0.15, 0.2) is 23.1 Å². The molecule has 8 nitrogen and oxygen atoms in total. The molecular weight excluding hydrogens is 300 g/mol. The molecule has 0 spiro atoms. The van der Waals surface area contributed by atoms with Crippen molar-refractivity contribution in [2.45, 2.75) is 17.4 Å². The number of hydrogen-bond donors (Lipinski definition) is 3. The van der Waals surface area contributed by atoms with Gasteiger partial charge in [-0.05, 0) is 23.8 Å². The molecule has 1 aromatic rings. The second kappa shape index (κ2) is 5.80. The van der Waals surface area contributed by atoms with E-state index in [1.807, 2.05) is 0 Å². The number of fused-ring (bicyclic) bond motifs is 1. The number of nitrogens with one attached hydrogen (secondary N) is 2. The maximum Gasteiger partial charge on any atom is 0.326 e. The highest BCUT2D eigenvalue weighted by Gasteiger charge is 2.27. The van der Waals surface area contributed by atoms with Crippen LogP contribution in [0.2, 0.25) is 0 Å². The number of esters is 1. The zero-order valence-electron chi connectivity index (χ0n) is 11.1. The molecule has 2 rings (SSSR count). The van der Waals surface area contributed by atoms with Gasteiger partial charge in [-0.1, -0.05) is 0 Å². The van der Waals surface area contributed by atoms with Crippen LogP contribution in [0.4, 0.5) is 5.69 Å². The second-order valence-corrected chi connectivity index (χ2v) is 6.14. The number of methoxy groups -OCH3 is 1. The summed E-state index contributed by atoms with van der Waals surface area (Å²) in [4.78, 5) is 22.5. The Morgan fingerprint density at radius 2 is 2.24 bits per heavy atom. The van der Waals surface area contributed by atoms with Crippen LogP contribution in [-0.2, 0) is 30.8 Å². The number of aliphatic hydroxyl groups is 1. The SMILES string of the molecule is COC(=O)C(CO)NS(=O)(=O)c1ccc2c(c1)CC(=O)N2. The van der Waals surface area contributed by atoms with Gasteiger partial charge in [0.15, 0.2) is 0 Å². The highest BCUT2D eigenvalue weighted by Crippen LogP contribution is 2.25. The van der Waals surface area contributed by atoms with Crippen LogP contribution in [0.5, 0.6) is 0 Å². The van der Waals surface area contributed by atoms with Gasteiger partial charge in [0, 0.05) is 5.69 Å². The third-order valence-corrected chi connectivity index (χ3v) is 4.45. The molecule has 0 saturated heterocycles. The molecule has 3 N–H and O–H groups in total. The Morgan fingerprint density at radius 3 is 2.86 bits per heavy atom. The van der Waals surface area contributed by atoms with Gasteiger partial charge in [0.1, 0.15) is 6.04 Å². The van der Waals surface area contributed by atoms with E-state index in [0.29, 0.717) is 11.3 Å². The summed E-state index contributed by atoms with van der Waals surface area (Å²) < 4.78 is 30.8. The van der Waals surface area contributed by atoms with Crippen LogP contribution in [0.1, 0.15) is 5.56 Å². The lowest BCUT2D eigenvalue weighted by atomic mass is 10.2. The lowest BCUT2D eigenvalue weighted by Gasteiger charge is -2.14. The molecule has 114 valence electrons. The predicted molar refractivity (Wildman–Crippen MR) is 72.0 cm³/mol. The zero-order valence-corrected chi connectivity index (χ0v) is 11.9. The standard InChI is InChI=1S/C12H14N2O6S/c1-20-12(17)10(6-15)14-21(18,19)8-2-3-9-7(4-8)5-11(16)13-9/h2-4,10,14-15H,5-6H2,1H3,(H,13,16). The van der Waals surface area contributed by atoms with Gasteiger partial charge in [-0.15, -0.1) is 0 Å². The Morgan fingerprint density at radius 1 is 1.52 bits per heavy atom. The minimum Gasteiger partial charge on any atom is -0.468 e. The summed E-state index contributed by atoms with van der Waals surface area (Å²) in [5, 5.41) is 11.6. The summed E-state index contributed by atoms with van der Waals surface area (Å²) >= 11 is 0. The summed E-state index contributed by atoms with van der Waals surface area (Å²) in [5.41, 5.74) is 1.12. The summed E-state index contributed by atoms with van der Waals surface area (Å²) in [6.45, 7) is -0.725. The number of amides is 1. The van der Waals surface area contributed by atoms with E-state index in [1.54, 1.807) is 0 Å². The van der Waals surface area contributed by atoms with Crippen LogP contribution < -0.4 is 10.0 Å². The molecule has 1 aromatic carbocycles. The van der Waals surface area contributed by atoms with Crippen LogP contribution in [0, 0.1) is 0 Å². The molecule has 1 aliphatic rings. The van der Waals surface area contributed by atoms with E-state index < -0.39 is 28.6 Å². The highest BCUT2D eigenvalue weighted by atomic mass is 32.2. The predicted octanol–water partition coefficient (Wildman–Crippen LogP) is -1.01. The Bertz CT molecular complexity index is 685. The fourth-order valence-corrected chi connectivity index (χ4v) is 3.16. The molecule has 0 aliphatic carbocycles. The summed E-state index contributed by atoms with van der Waals surface area (Å²) in [6, 6.07) is 2.74. The Balaban J connectivity index is 2.26. The Hall–Kier alpha value is -1.97. The van der Waals surface area contributed by atoms with Crippen LogP contribution >= 0.6 is 0 Å². The Kier molecular flexibility index (Phi) is 4.26. The number of aliphatic hydroxyl groups excluding tert-OH is 1. The zero-order chi connectivity index (χ0) is 15.6. The third kappa shape index (κ3) is 3.20. The van der Waals surface area contributed by atoms with E-state index in [-0.39, 0.29) is 17.2 Å². The van der Waals surface area contributed by atoms with Gasteiger partial charge in [-0.3, -0.25) is 9.59 Å². The lowest BCUT2D eigenvalue weighted by molar-refractivity contribution is -0.143. The minimum atomic E-state index is -4.02. The maximum atomic E-state index is 12.2. The van der Waals surface area contributed by atoms with Crippen molar-refractivity contribution in [3.8, 4) is 0 Å². The molecule has 0 saturated carbocycles. The second-order valence-electron chi connectivity index (χ2n) is 4.42. The average molecular weight is 314 g/mol. The van der Waals surface area contributed by atoms with Crippen molar-refractivity contribution >= 4 is 27.6 Å². The fourth-order valence-electron chi connectivity index (χ4n) is 1.93. The highest BCUT2D eigenvalue weighted by molar-refractivity contribution is 7.89. The van der Waals surface area contributed by atoms with Gasteiger partial charge in [-0.25, -0.2) is 8.42 Å². The van der Waals surface area contributed by atoms with E-state index >= 15 is 0 Å².